The van der Waals surface area contributed by atoms with Crippen LogP contribution in [-0.4, -0.2) is 24.9 Å². The molecule has 112 valence electrons. The lowest BCUT2D eigenvalue weighted by molar-refractivity contribution is -0.0340. The zero-order chi connectivity index (χ0) is 15.2. The van der Waals surface area contributed by atoms with Crippen LogP contribution in [0.1, 0.15) is 40.2 Å². The molecule has 7 heteroatoms. The van der Waals surface area contributed by atoms with Gasteiger partial charge >= 0.3 is 7.12 Å². The van der Waals surface area contributed by atoms with Crippen LogP contribution >= 0.6 is 11.3 Å². The van der Waals surface area contributed by atoms with E-state index in [1.165, 1.54) is 11.3 Å². The van der Waals surface area contributed by atoms with E-state index in [0.29, 0.717) is 12.2 Å². The first-order valence-corrected chi connectivity index (χ1v) is 7.64. The summed E-state index contributed by atoms with van der Waals surface area (Å²) >= 11 is 1.51. The molecule has 5 nitrogen and oxygen atoms in total. The molecule has 4 N–H and O–H groups in total. The molecule has 1 saturated heterocycles. The Balaban J connectivity index is 2.31. The van der Waals surface area contributed by atoms with E-state index < -0.39 is 24.2 Å². The fraction of sp³-hybridized carbons (Fsp3) is 0.692. The zero-order valence-corrected chi connectivity index (χ0v) is 13.5. The third-order valence-corrected chi connectivity index (χ3v) is 4.91. The van der Waals surface area contributed by atoms with E-state index >= 15 is 0 Å². The molecule has 1 fully saturated rings. The van der Waals surface area contributed by atoms with Crippen molar-refractivity contribution in [2.75, 3.05) is 6.61 Å². The third kappa shape index (κ3) is 2.66. The fourth-order valence-electron chi connectivity index (χ4n) is 2.09. The van der Waals surface area contributed by atoms with Gasteiger partial charge in [0.1, 0.15) is 0 Å². The van der Waals surface area contributed by atoms with E-state index in [4.69, 9.17) is 25.5 Å². The van der Waals surface area contributed by atoms with Crippen LogP contribution in [-0.2, 0) is 19.9 Å². The molecule has 0 amide bonds. The quantitative estimate of drug-likeness (QED) is 0.643. The largest absolute Gasteiger partial charge is 0.505 e. The Morgan fingerprint density at radius 1 is 1.25 bits per heavy atom. The predicted octanol–water partition coefficient (Wildman–Crippen LogP) is 1.11. The maximum absolute atomic E-state index is 6.05. The minimum Gasteiger partial charge on any atom is -0.399 e. The van der Waals surface area contributed by atoms with E-state index in [-0.39, 0.29) is 0 Å². The smallest absolute Gasteiger partial charge is 0.399 e. The van der Waals surface area contributed by atoms with E-state index in [2.05, 4.69) is 0 Å². The number of thiophene rings is 1. The molecule has 0 unspecified atom stereocenters. The van der Waals surface area contributed by atoms with Gasteiger partial charge in [0, 0.05) is 16.9 Å². The molecular weight excluding hydrogens is 275 g/mol. The van der Waals surface area contributed by atoms with Crippen molar-refractivity contribution in [3.05, 3.63) is 17.0 Å². The lowest BCUT2D eigenvalue weighted by Gasteiger charge is -2.32. The second kappa shape index (κ2) is 5.08. The van der Waals surface area contributed by atoms with E-state index in [1.54, 1.807) is 0 Å². The Labute approximate surface area is 124 Å². The van der Waals surface area contributed by atoms with Crippen molar-refractivity contribution >= 4 is 23.2 Å². The molecular formula is C13H23BN2O3S. The normalized spacial score (nSPS) is 21.4. The van der Waals surface area contributed by atoms with Crippen LogP contribution in [0.5, 0.6) is 0 Å². The molecule has 0 saturated carbocycles. The van der Waals surface area contributed by atoms with Gasteiger partial charge < -0.3 is 14.0 Å². The van der Waals surface area contributed by atoms with Crippen LogP contribution in [0, 0.1) is 0 Å². The summed E-state index contributed by atoms with van der Waals surface area (Å²) in [5, 5.41) is 1.92. The van der Waals surface area contributed by atoms with E-state index in [9.17, 15) is 0 Å². The molecule has 2 heterocycles. The standard InChI is InChI=1S/C13H23BN2O3S/c1-6-17-13(15,16)9-7-8-20-10(9)14-18-11(2,3)12(4,5)19-14/h7-8H,6,15-16H2,1-5H3. The average Bonchev–Trinajstić information content (AvgIpc) is 2.82. The molecule has 0 bridgehead atoms. The summed E-state index contributed by atoms with van der Waals surface area (Å²) in [6.07, 6.45) is 0. The van der Waals surface area contributed by atoms with Crippen LogP contribution in [0.2, 0.25) is 0 Å². The first-order valence-electron chi connectivity index (χ1n) is 6.76. The molecule has 0 aromatic carbocycles. The fourth-order valence-corrected chi connectivity index (χ4v) is 3.01. The summed E-state index contributed by atoms with van der Waals surface area (Å²) in [7, 11) is -0.470. The van der Waals surface area contributed by atoms with Gasteiger partial charge in [-0.25, -0.2) is 0 Å². The number of nitrogens with two attached hydrogens (primary N) is 2. The highest BCUT2D eigenvalue weighted by atomic mass is 32.1. The van der Waals surface area contributed by atoms with Gasteiger partial charge in [-0.1, -0.05) is 0 Å². The van der Waals surface area contributed by atoms with Gasteiger partial charge in [0.2, 0.25) is 0 Å². The monoisotopic (exact) mass is 298 g/mol. The molecule has 0 radical (unpaired) electrons. The van der Waals surface area contributed by atoms with E-state index in [0.717, 1.165) is 4.78 Å². The summed E-state index contributed by atoms with van der Waals surface area (Å²) in [6, 6.07) is 1.86. The minimum absolute atomic E-state index is 0.392. The summed E-state index contributed by atoms with van der Waals surface area (Å²) in [6.45, 7) is 10.4. The molecule has 20 heavy (non-hydrogen) atoms. The number of ether oxygens (including phenoxy) is 1. The first kappa shape index (κ1) is 15.9. The lowest BCUT2D eigenvalue weighted by atomic mass is 9.83. The van der Waals surface area contributed by atoms with Gasteiger partial charge in [-0.2, -0.15) is 11.3 Å². The average molecular weight is 298 g/mol. The van der Waals surface area contributed by atoms with Crippen molar-refractivity contribution in [2.24, 2.45) is 11.5 Å². The highest BCUT2D eigenvalue weighted by Gasteiger charge is 2.53. The maximum Gasteiger partial charge on any atom is 0.505 e. The van der Waals surface area contributed by atoms with Crippen molar-refractivity contribution in [1.29, 1.82) is 0 Å². The first-order chi connectivity index (χ1) is 9.11. The van der Waals surface area contributed by atoms with Crippen LogP contribution in [0.15, 0.2) is 11.4 Å². The third-order valence-electron chi connectivity index (χ3n) is 3.97. The van der Waals surface area contributed by atoms with Crippen LogP contribution in [0.4, 0.5) is 0 Å². The predicted molar refractivity (Wildman–Crippen MR) is 81.7 cm³/mol. The Kier molecular flexibility index (Phi) is 4.05. The minimum atomic E-state index is -1.33. The SMILES string of the molecule is CCOC(N)(N)c1ccsc1B1OC(C)(C)C(C)(C)O1. The zero-order valence-electron chi connectivity index (χ0n) is 12.7. The summed E-state index contributed by atoms with van der Waals surface area (Å²) in [4.78, 5) is 0. The highest BCUT2D eigenvalue weighted by Crippen LogP contribution is 2.37. The van der Waals surface area contributed by atoms with Crippen LogP contribution < -0.4 is 16.2 Å². The Morgan fingerprint density at radius 3 is 2.30 bits per heavy atom. The molecule has 1 aliphatic rings. The number of hydrogen-bond acceptors (Lipinski definition) is 6. The Bertz CT molecular complexity index is 472. The van der Waals surface area contributed by atoms with Crippen LogP contribution in [0.25, 0.3) is 0 Å². The van der Waals surface area contributed by atoms with Gasteiger partial charge in [-0.05, 0) is 46.1 Å². The molecule has 0 aliphatic carbocycles. The van der Waals surface area contributed by atoms with Gasteiger partial charge in [-0.15, -0.1) is 0 Å². The second-order valence-electron chi connectivity index (χ2n) is 6.01. The van der Waals surface area contributed by atoms with Gasteiger partial charge in [-0.3, -0.25) is 11.5 Å². The van der Waals surface area contributed by atoms with E-state index in [1.807, 2.05) is 46.1 Å². The second-order valence-corrected chi connectivity index (χ2v) is 6.96. The van der Waals surface area contributed by atoms with Crippen molar-refractivity contribution in [3.8, 4) is 0 Å². The summed E-state index contributed by atoms with van der Waals surface area (Å²) in [5.41, 5.74) is 12.0. The Hall–Kier alpha value is -0.435. The highest BCUT2D eigenvalue weighted by molar-refractivity contribution is 7.21. The van der Waals surface area contributed by atoms with Gasteiger partial charge in [0.25, 0.3) is 0 Å². The molecule has 1 aliphatic heterocycles. The molecule has 0 spiro atoms. The lowest BCUT2D eigenvalue weighted by Crippen LogP contribution is -2.53. The maximum atomic E-state index is 6.05. The van der Waals surface area contributed by atoms with Gasteiger partial charge in [0.15, 0.2) is 5.85 Å². The van der Waals surface area contributed by atoms with Crippen molar-refractivity contribution in [3.63, 3.8) is 0 Å². The van der Waals surface area contributed by atoms with Crippen LogP contribution in [0.3, 0.4) is 0 Å². The number of rotatable bonds is 4. The molecule has 2 rings (SSSR count). The van der Waals surface area contributed by atoms with Crippen molar-refractivity contribution < 1.29 is 14.0 Å². The van der Waals surface area contributed by atoms with Gasteiger partial charge in [0.05, 0.1) is 11.2 Å². The molecule has 1 aromatic rings. The number of hydrogen-bond donors (Lipinski definition) is 2. The van der Waals surface area contributed by atoms with Crippen molar-refractivity contribution in [1.82, 2.24) is 0 Å². The summed E-state index contributed by atoms with van der Waals surface area (Å²) < 4.78 is 18.4. The summed E-state index contributed by atoms with van der Waals surface area (Å²) in [5.74, 6) is -1.33. The Morgan fingerprint density at radius 2 is 1.80 bits per heavy atom. The van der Waals surface area contributed by atoms with Crippen molar-refractivity contribution in [2.45, 2.75) is 51.7 Å². The molecule has 0 atom stereocenters. The molecule has 1 aromatic heterocycles. The topological polar surface area (TPSA) is 79.7 Å².